The molecule has 2 aromatic heterocycles. The third-order valence-corrected chi connectivity index (χ3v) is 11.7. The summed E-state index contributed by atoms with van der Waals surface area (Å²) >= 11 is 0. The van der Waals surface area contributed by atoms with E-state index in [4.69, 9.17) is 17.3 Å². The monoisotopic (exact) mass is 1030 g/mol. The average Bonchev–Trinajstić information content (AvgIpc) is 3.70. The molecule has 0 unspecified atom stereocenters. The van der Waals surface area contributed by atoms with E-state index >= 15 is 0 Å². The van der Waals surface area contributed by atoms with Crippen LogP contribution in [0.1, 0.15) is 98.3 Å². The standard InChI is InChI=1S/C59H56N3O.Pt/c1-37-23-25-38(26-24-37)41-29-30-60-51(34-41)43-31-42(32-44(33-43)57(2,3)4)46-21-16-22-52-53(46)61-56(49-35-45(58(5,6)7)36-50(55(49)63)59(8,9)10)62(52)54-47-20-15-14-19-40(47)27-28-48(54)39-17-12-11-13-18-39;/h11-30,32-36,63H,1-10H3;/q-1;/i1D3,23D,24D,25D,26D,29D,30D,34D;. The van der Waals surface area contributed by atoms with E-state index in [0.29, 0.717) is 28.0 Å². The maximum absolute atomic E-state index is 12.6. The van der Waals surface area contributed by atoms with Crippen LogP contribution in [0.25, 0.3) is 83.5 Å². The second-order valence-electron chi connectivity index (χ2n) is 19.3. The van der Waals surface area contributed by atoms with Gasteiger partial charge in [-0.3, -0.25) is 9.55 Å². The summed E-state index contributed by atoms with van der Waals surface area (Å²) < 4.78 is 88.4. The Morgan fingerprint density at radius 3 is 2.02 bits per heavy atom. The fraction of sp³-hybridized carbons (Fsp3) is 0.220. The zero-order chi connectivity index (χ0) is 53.0. The van der Waals surface area contributed by atoms with Gasteiger partial charge in [0.25, 0.3) is 0 Å². The minimum absolute atomic E-state index is 0. The molecule has 0 amide bonds. The van der Waals surface area contributed by atoms with Gasteiger partial charge in [-0.25, -0.2) is 4.98 Å². The summed E-state index contributed by atoms with van der Waals surface area (Å²) in [6, 6.07) is 35.8. The third-order valence-electron chi connectivity index (χ3n) is 11.7. The van der Waals surface area contributed by atoms with E-state index in [2.05, 4.69) is 99.6 Å². The first-order chi connectivity index (χ1) is 34.1. The van der Waals surface area contributed by atoms with Crippen molar-refractivity contribution < 1.29 is 39.9 Å². The first kappa shape index (κ1) is 33.4. The van der Waals surface area contributed by atoms with Crippen molar-refractivity contribution >= 4 is 21.8 Å². The molecular weight excluding hydrogens is 962 g/mol. The average molecular weight is 1030 g/mol. The summed E-state index contributed by atoms with van der Waals surface area (Å²) in [6.45, 7) is 15.8. The molecule has 0 spiro atoms. The molecule has 2 heterocycles. The number of hydrogen-bond acceptors (Lipinski definition) is 3. The van der Waals surface area contributed by atoms with E-state index in [1.807, 2.05) is 81.4 Å². The van der Waals surface area contributed by atoms with Gasteiger partial charge in [0.1, 0.15) is 11.6 Å². The molecule has 1 N–H and O–H groups in total. The minimum Gasteiger partial charge on any atom is -0.507 e. The Bertz CT molecular complexity index is 3690. The van der Waals surface area contributed by atoms with E-state index in [1.165, 1.54) is 0 Å². The predicted molar refractivity (Wildman–Crippen MR) is 265 cm³/mol. The molecule has 0 aliphatic heterocycles. The summed E-state index contributed by atoms with van der Waals surface area (Å²) in [6.07, 6.45) is -0.587. The molecular formula is C59H56N3OPt-. The van der Waals surface area contributed by atoms with Crippen LogP contribution in [-0.2, 0) is 37.3 Å². The summed E-state index contributed by atoms with van der Waals surface area (Å²) in [5.41, 5.74) is 5.73. The third kappa shape index (κ3) is 8.37. The Kier molecular flexibility index (Phi) is 8.77. The molecule has 4 nitrogen and oxygen atoms in total. The van der Waals surface area contributed by atoms with Crippen LogP contribution in [0, 0.1) is 12.9 Å². The first-order valence-corrected chi connectivity index (χ1v) is 21.2. The maximum atomic E-state index is 12.6. The number of phenols is 1. The number of pyridine rings is 1. The number of para-hydroxylation sites is 1. The number of imidazole rings is 1. The molecule has 0 fully saturated rings. The summed E-state index contributed by atoms with van der Waals surface area (Å²) in [5.74, 6) is 0.624. The van der Waals surface area contributed by atoms with Crippen molar-refractivity contribution in [1.82, 2.24) is 14.5 Å². The SMILES string of the molecule is [2H]c1nc(-c2[c-]c(-c3cccc4c3nc(-c3cc(C(C)(C)C)cc(C(C)(C)C)c3O)n4-c3c(-c4ccccc4)ccc4ccccc34)cc(C(C)(C)C)c2)c([2H])c(-c2c([2H])c([2H])c(C([2H])([2H])[2H])c([2H])c2[2H])c1[2H].[Pt]. The van der Waals surface area contributed by atoms with Gasteiger partial charge in [0.2, 0.25) is 0 Å². The van der Waals surface area contributed by atoms with Crippen LogP contribution in [0.5, 0.6) is 5.75 Å². The largest absolute Gasteiger partial charge is 0.507 e. The smallest absolute Gasteiger partial charge is 0.148 e. The molecule has 9 aromatic rings. The van der Waals surface area contributed by atoms with Gasteiger partial charge in [0.05, 0.1) is 31.9 Å². The number of benzene rings is 7. The molecule has 5 heteroatoms. The molecule has 0 bridgehead atoms. The second kappa shape index (κ2) is 16.8. The number of rotatable bonds is 6. The zero-order valence-corrected chi connectivity index (χ0v) is 39.8. The van der Waals surface area contributed by atoms with Gasteiger partial charge >= 0.3 is 0 Å². The van der Waals surface area contributed by atoms with Crippen LogP contribution in [0.2, 0.25) is 0 Å². The van der Waals surface area contributed by atoms with Gasteiger partial charge in [0.15, 0.2) is 0 Å². The normalized spacial score (nSPS) is 14.6. The number of aromatic nitrogens is 3. The van der Waals surface area contributed by atoms with E-state index in [-0.39, 0.29) is 49.1 Å². The number of hydrogen-bond donors (Lipinski definition) is 1. The summed E-state index contributed by atoms with van der Waals surface area (Å²) in [7, 11) is 0. The molecule has 0 saturated heterocycles. The van der Waals surface area contributed by atoms with Crippen molar-refractivity contribution in [3.63, 3.8) is 0 Å². The van der Waals surface area contributed by atoms with Gasteiger partial charge in [-0.05, 0) is 68.9 Å². The number of phenolic OH excluding ortho intramolecular Hbond substituents is 1. The van der Waals surface area contributed by atoms with Crippen molar-refractivity contribution in [2.45, 2.75) is 85.4 Å². The Morgan fingerprint density at radius 1 is 0.625 bits per heavy atom. The van der Waals surface area contributed by atoms with Crippen molar-refractivity contribution in [2.75, 3.05) is 0 Å². The van der Waals surface area contributed by atoms with Gasteiger partial charge in [-0.15, -0.1) is 29.3 Å². The topological polar surface area (TPSA) is 50.9 Å². The van der Waals surface area contributed by atoms with Crippen molar-refractivity contribution in [2.24, 2.45) is 0 Å². The van der Waals surface area contributed by atoms with E-state index in [0.717, 1.165) is 49.8 Å². The van der Waals surface area contributed by atoms with Crippen LogP contribution in [0.15, 0.2) is 152 Å². The Hall–Kier alpha value is -6.09. The summed E-state index contributed by atoms with van der Waals surface area (Å²) in [5, 5.41) is 14.6. The molecule has 324 valence electrons. The molecule has 0 radical (unpaired) electrons. The Balaban J connectivity index is 0.00000729. The second-order valence-corrected chi connectivity index (χ2v) is 19.3. The fourth-order valence-electron chi connectivity index (χ4n) is 8.16. The van der Waals surface area contributed by atoms with E-state index < -0.39 is 71.2 Å². The van der Waals surface area contributed by atoms with Crippen molar-refractivity contribution in [3.05, 3.63) is 180 Å². The quantitative estimate of drug-likeness (QED) is 0.169. The number of nitrogens with zero attached hydrogens (tertiary/aromatic N) is 3. The number of aromatic hydroxyl groups is 1. The molecule has 0 aliphatic carbocycles. The van der Waals surface area contributed by atoms with Gasteiger partial charge < -0.3 is 5.11 Å². The molecule has 0 atom stereocenters. The maximum Gasteiger partial charge on any atom is 0.148 e. The minimum atomic E-state index is -2.97. The van der Waals surface area contributed by atoms with Crippen LogP contribution in [0.3, 0.4) is 0 Å². The van der Waals surface area contributed by atoms with Crippen LogP contribution < -0.4 is 0 Å². The molecule has 0 aliphatic rings. The molecule has 0 saturated carbocycles. The van der Waals surface area contributed by atoms with Crippen molar-refractivity contribution in [1.29, 1.82) is 0 Å². The Labute approximate surface area is 407 Å². The zero-order valence-electron chi connectivity index (χ0n) is 47.5. The summed E-state index contributed by atoms with van der Waals surface area (Å²) in [4.78, 5) is 10.0. The molecule has 9 rings (SSSR count). The van der Waals surface area contributed by atoms with Crippen molar-refractivity contribution in [3.8, 4) is 67.5 Å². The van der Waals surface area contributed by atoms with Crippen LogP contribution in [-0.4, -0.2) is 19.6 Å². The van der Waals surface area contributed by atoms with Gasteiger partial charge in [-0.1, -0.05) is 194 Å². The first-order valence-electron chi connectivity index (χ1n) is 26.2. The molecule has 64 heavy (non-hydrogen) atoms. The molecule has 7 aromatic carbocycles. The fourth-order valence-corrected chi connectivity index (χ4v) is 8.16. The van der Waals surface area contributed by atoms with Gasteiger partial charge in [0, 0.05) is 53.6 Å². The van der Waals surface area contributed by atoms with Crippen LogP contribution >= 0.6 is 0 Å². The predicted octanol–water partition coefficient (Wildman–Crippen LogP) is 15.6. The van der Waals surface area contributed by atoms with E-state index in [9.17, 15) is 6.48 Å². The number of fused-ring (bicyclic) bond motifs is 2. The van der Waals surface area contributed by atoms with Crippen LogP contribution in [0.4, 0.5) is 0 Å². The van der Waals surface area contributed by atoms with E-state index in [1.54, 1.807) is 6.07 Å². The van der Waals surface area contributed by atoms with Gasteiger partial charge in [-0.2, -0.15) is 0 Å². The Morgan fingerprint density at radius 2 is 1.31 bits per heavy atom.